The molecule has 0 saturated carbocycles. The van der Waals surface area contributed by atoms with Crippen LogP contribution in [-0.4, -0.2) is 30.6 Å². The number of carboxylic acid groups (broad SMARTS) is 1. The standard InChI is InChI=1S/C12H15NO4/c1-17-7-10-4-2-3-9(5-10)6-11(12(15)16)13-8-14/h2-5,8,11H,6-7H2,1H3,(H,13,14)(H,15,16). The average Bonchev–Trinajstić information content (AvgIpc) is 2.29. The second-order valence-electron chi connectivity index (χ2n) is 3.63. The third kappa shape index (κ3) is 4.24. The van der Waals surface area contributed by atoms with Crippen LogP contribution in [0.1, 0.15) is 11.1 Å². The van der Waals surface area contributed by atoms with Crippen LogP contribution in [0.4, 0.5) is 0 Å². The Hall–Kier alpha value is -1.88. The molecule has 0 bridgehead atoms. The van der Waals surface area contributed by atoms with Gasteiger partial charge < -0.3 is 15.2 Å². The van der Waals surface area contributed by atoms with Gasteiger partial charge in [0, 0.05) is 13.5 Å². The highest BCUT2D eigenvalue weighted by atomic mass is 16.5. The number of amides is 1. The number of hydrogen-bond donors (Lipinski definition) is 2. The van der Waals surface area contributed by atoms with Gasteiger partial charge in [-0.1, -0.05) is 24.3 Å². The molecule has 17 heavy (non-hydrogen) atoms. The molecule has 1 amide bonds. The first-order chi connectivity index (χ1) is 8.17. The maximum Gasteiger partial charge on any atom is 0.326 e. The molecular weight excluding hydrogens is 222 g/mol. The molecule has 0 aromatic heterocycles. The Morgan fingerprint density at radius 2 is 2.24 bits per heavy atom. The molecule has 1 aromatic carbocycles. The first kappa shape index (κ1) is 13.2. The van der Waals surface area contributed by atoms with E-state index >= 15 is 0 Å². The van der Waals surface area contributed by atoms with Crippen LogP contribution in [0.3, 0.4) is 0 Å². The molecule has 0 aliphatic carbocycles. The lowest BCUT2D eigenvalue weighted by Crippen LogP contribution is -2.37. The van der Waals surface area contributed by atoms with E-state index in [0.29, 0.717) is 13.0 Å². The third-order valence-corrected chi connectivity index (χ3v) is 2.31. The second-order valence-corrected chi connectivity index (χ2v) is 3.63. The van der Waals surface area contributed by atoms with Crippen molar-refractivity contribution in [2.45, 2.75) is 19.1 Å². The number of ether oxygens (including phenoxy) is 1. The molecule has 92 valence electrons. The molecule has 0 aliphatic rings. The zero-order valence-corrected chi connectivity index (χ0v) is 9.55. The summed E-state index contributed by atoms with van der Waals surface area (Å²) in [5.74, 6) is -1.05. The van der Waals surface area contributed by atoms with Crippen LogP contribution < -0.4 is 5.32 Å². The highest BCUT2D eigenvalue weighted by Gasteiger charge is 2.16. The Morgan fingerprint density at radius 3 is 2.82 bits per heavy atom. The molecule has 0 radical (unpaired) electrons. The lowest BCUT2D eigenvalue weighted by atomic mass is 10.0. The summed E-state index contributed by atoms with van der Waals surface area (Å²) in [6.45, 7) is 0.479. The van der Waals surface area contributed by atoms with Crippen LogP contribution in [0, 0.1) is 0 Å². The van der Waals surface area contributed by atoms with Gasteiger partial charge in [0.05, 0.1) is 6.61 Å². The molecule has 2 N–H and O–H groups in total. The Kier molecular flexibility index (Phi) is 5.16. The molecule has 0 aliphatic heterocycles. The fourth-order valence-corrected chi connectivity index (χ4v) is 1.55. The first-order valence-corrected chi connectivity index (χ1v) is 5.16. The average molecular weight is 237 g/mol. The quantitative estimate of drug-likeness (QED) is 0.680. The number of carbonyl (C=O) groups is 2. The minimum absolute atomic E-state index is 0.256. The van der Waals surface area contributed by atoms with Crippen molar-refractivity contribution < 1.29 is 19.4 Å². The summed E-state index contributed by atoms with van der Waals surface area (Å²) in [6, 6.07) is 6.53. The molecule has 0 saturated heterocycles. The van der Waals surface area contributed by atoms with E-state index in [1.54, 1.807) is 7.11 Å². The minimum Gasteiger partial charge on any atom is -0.480 e. The number of benzene rings is 1. The van der Waals surface area contributed by atoms with Crippen molar-refractivity contribution in [3.63, 3.8) is 0 Å². The molecular formula is C12H15NO4. The summed E-state index contributed by atoms with van der Waals surface area (Å²) in [6.07, 6.45) is 0.656. The van der Waals surface area contributed by atoms with Gasteiger partial charge in [0.2, 0.25) is 6.41 Å². The smallest absolute Gasteiger partial charge is 0.326 e. The van der Waals surface area contributed by atoms with Gasteiger partial charge in [0.25, 0.3) is 0 Å². The van der Waals surface area contributed by atoms with Crippen molar-refractivity contribution in [3.8, 4) is 0 Å². The molecule has 1 atom stereocenters. The van der Waals surface area contributed by atoms with Crippen molar-refractivity contribution >= 4 is 12.4 Å². The molecule has 5 heteroatoms. The van der Waals surface area contributed by atoms with E-state index in [9.17, 15) is 9.59 Å². The summed E-state index contributed by atoms with van der Waals surface area (Å²) in [5, 5.41) is 11.2. The summed E-state index contributed by atoms with van der Waals surface area (Å²) in [7, 11) is 1.60. The highest BCUT2D eigenvalue weighted by Crippen LogP contribution is 2.09. The molecule has 5 nitrogen and oxygen atoms in total. The molecule has 0 fully saturated rings. The van der Waals surface area contributed by atoms with Gasteiger partial charge in [0.15, 0.2) is 0 Å². The van der Waals surface area contributed by atoms with Crippen molar-refractivity contribution in [3.05, 3.63) is 35.4 Å². The van der Waals surface area contributed by atoms with E-state index in [0.717, 1.165) is 11.1 Å². The van der Waals surface area contributed by atoms with Crippen molar-refractivity contribution in [1.29, 1.82) is 0 Å². The zero-order valence-electron chi connectivity index (χ0n) is 9.55. The maximum atomic E-state index is 10.9. The van der Waals surface area contributed by atoms with E-state index in [2.05, 4.69) is 5.32 Å². The van der Waals surface area contributed by atoms with Crippen molar-refractivity contribution in [2.24, 2.45) is 0 Å². The normalized spacial score (nSPS) is 11.8. The van der Waals surface area contributed by atoms with Crippen LogP contribution in [0.2, 0.25) is 0 Å². The number of methoxy groups -OCH3 is 1. The lowest BCUT2D eigenvalue weighted by Gasteiger charge is -2.11. The fraction of sp³-hybridized carbons (Fsp3) is 0.333. The zero-order chi connectivity index (χ0) is 12.7. The van der Waals surface area contributed by atoms with E-state index in [1.807, 2.05) is 24.3 Å². The van der Waals surface area contributed by atoms with Gasteiger partial charge in [-0.15, -0.1) is 0 Å². The van der Waals surface area contributed by atoms with E-state index in [-0.39, 0.29) is 6.42 Å². The Morgan fingerprint density at radius 1 is 1.53 bits per heavy atom. The Bertz CT molecular complexity index is 392. The predicted molar refractivity (Wildman–Crippen MR) is 61.5 cm³/mol. The largest absolute Gasteiger partial charge is 0.480 e. The molecule has 1 rings (SSSR count). The number of nitrogens with one attached hydrogen (secondary N) is 1. The van der Waals surface area contributed by atoms with Gasteiger partial charge in [-0.3, -0.25) is 4.79 Å². The van der Waals surface area contributed by atoms with Gasteiger partial charge in [-0.2, -0.15) is 0 Å². The van der Waals surface area contributed by atoms with E-state index in [1.165, 1.54) is 0 Å². The minimum atomic E-state index is -1.05. The predicted octanol–water partition coefficient (Wildman–Crippen LogP) is 0.575. The Balaban J connectivity index is 2.74. The van der Waals surface area contributed by atoms with Gasteiger partial charge in [-0.25, -0.2) is 4.79 Å². The van der Waals surface area contributed by atoms with E-state index < -0.39 is 12.0 Å². The number of rotatable bonds is 7. The van der Waals surface area contributed by atoms with Crippen LogP contribution in [0.15, 0.2) is 24.3 Å². The summed E-state index contributed by atoms with van der Waals surface area (Å²) in [4.78, 5) is 21.1. The topological polar surface area (TPSA) is 75.6 Å². The molecule has 1 unspecified atom stereocenters. The van der Waals surface area contributed by atoms with Crippen molar-refractivity contribution in [1.82, 2.24) is 5.32 Å². The number of aliphatic carboxylic acids is 1. The summed E-state index contributed by atoms with van der Waals surface area (Å²) >= 11 is 0. The van der Waals surface area contributed by atoms with Crippen LogP contribution in [0.5, 0.6) is 0 Å². The SMILES string of the molecule is COCc1cccc(CC(NC=O)C(=O)O)c1. The molecule has 0 spiro atoms. The maximum absolute atomic E-state index is 10.9. The van der Waals surface area contributed by atoms with Crippen LogP contribution >= 0.6 is 0 Å². The van der Waals surface area contributed by atoms with Crippen LogP contribution in [-0.2, 0) is 27.4 Å². The summed E-state index contributed by atoms with van der Waals surface area (Å²) in [5.41, 5.74) is 1.82. The van der Waals surface area contributed by atoms with Gasteiger partial charge in [0.1, 0.15) is 6.04 Å². The third-order valence-electron chi connectivity index (χ3n) is 2.31. The molecule has 1 aromatic rings. The van der Waals surface area contributed by atoms with Crippen molar-refractivity contribution in [2.75, 3.05) is 7.11 Å². The number of carbonyl (C=O) groups excluding carboxylic acids is 1. The molecule has 0 heterocycles. The Labute approximate surface area is 99.4 Å². The summed E-state index contributed by atoms with van der Waals surface area (Å²) < 4.78 is 4.99. The highest BCUT2D eigenvalue weighted by molar-refractivity contribution is 5.76. The first-order valence-electron chi connectivity index (χ1n) is 5.16. The number of hydrogen-bond acceptors (Lipinski definition) is 3. The second kappa shape index (κ2) is 6.65. The van der Waals surface area contributed by atoms with Gasteiger partial charge in [-0.05, 0) is 11.1 Å². The van der Waals surface area contributed by atoms with E-state index in [4.69, 9.17) is 9.84 Å². The number of carboxylic acids is 1. The fourth-order valence-electron chi connectivity index (χ4n) is 1.55. The lowest BCUT2D eigenvalue weighted by molar-refractivity contribution is -0.140. The van der Waals surface area contributed by atoms with Gasteiger partial charge >= 0.3 is 5.97 Å². The van der Waals surface area contributed by atoms with Crippen LogP contribution in [0.25, 0.3) is 0 Å². The monoisotopic (exact) mass is 237 g/mol.